The van der Waals surface area contributed by atoms with Crippen LogP contribution in [0.5, 0.6) is 0 Å². The molecule has 4 aromatic rings. The molecule has 0 unspecified atom stereocenters. The maximum absolute atomic E-state index is 12.5. The molecular weight excluding hydrogens is 614 g/mol. The third kappa shape index (κ3) is 10.7. The van der Waals surface area contributed by atoms with Crippen molar-refractivity contribution in [2.45, 2.75) is 26.2 Å². The van der Waals surface area contributed by atoms with Gasteiger partial charge in [0.2, 0.25) is 11.2 Å². The number of aromatic nitrogens is 4. The Kier molecular flexibility index (Phi) is 11.2. The van der Waals surface area contributed by atoms with Crippen LogP contribution >= 0.6 is 11.6 Å². The molecule has 0 aliphatic heterocycles. The second-order valence-corrected chi connectivity index (χ2v) is 8.49. The third-order valence-electron chi connectivity index (χ3n) is 5.01. The Balaban J connectivity index is 0.000000247. The molecular formula is C24H19ClF6N8O4. The standard InChI is InChI=1S/C12H9F3N4O2.C7H8N2O2.C5H2ClF3N2/c1-7-2-3-8(19(20)21)6-9(7)17-11-16-5-4-10(18-11)12(13,14)15;1-5-2-3-6(9(10)11)4-7(5)8;6-4-10-2-1-3(11-4)5(7,8)9/h2-6H,1H3,(H,16,17,18);2-4H,8H2,1H3;1-2H. The molecule has 19 heteroatoms. The Bertz CT molecular complexity index is 1610. The predicted octanol–water partition coefficient (Wildman–Crippen LogP) is 7.09. The highest BCUT2D eigenvalue weighted by molar-refractivity contribution is 6.28. The number of nitrogens with one attached hydrogen (secondary N) is 1. The Labute approximate surface area is 242 Å². The summed E-state index contributed by atoms with van der Waals surface area (Å²) in [5.74, 6) is -0.284. The first kappa shape index (κ1) is 34.1. The Morgan fingerprint density at radius 2 is 1.26 bits per heavy atom. The minimum Gasteiger partial charge on any atom is -0.398 e. The molecule has 0 atom stereocenters. The highest BCUT2D eigenvalue weighted by atomic mass is 35.5. The minimum absolute atomic E-state index is 0.0353. The van der Waals surface area contributed by atoms with Gasteiger partial charge in [-0.3, -0.25) is 20.2 Å². The zero-order chi connectivity index (χ0) is 32.5. The summed E-state index contributed by atoms with van der Waals surface area (Å²) in [4.78, 5) is 33.1. The van der Waals surface area contributed by atoms with Crippen LogP contribution in [-0.4, -0.2) is 29.8 Å². The van der Waals surface area contributed by atoms with Crippen LogP contribution in [0, 0.1) is 34.1 Å². The number of rotatable bonds is 4. The fraction of sp³-hybridized carbons (Fsp3) is 0.167. The molecule has 3 N–H and O–H groups in total. The van der Waals surface area contributed by atoms with Crippen LogP contribution in [0.1, 0.15) is 22.5 Å². The summed E-state index contributed by atoms with van der Waals surface area (Å²) in [5, 5.41) is 23.1. The van der Waals surface area contributed by atoms with Crippen molar-refractivity contribution in [3.05, 3.63) is 109 Å². The van der Waals surface area contributed by atoms with E-state index in [1.165, 1.54) is 30.3 Å². The fourth-order valence-corrected chi connectivity index (χ4v) is 2.94. The number of hydrogen-bond donors (Lipinski definition) is 2. The molecule has 2 heterocycles. The summed E-state index contributed by atoms with van der Waals surface area (Å²) in [6.45, 7) is 3.46. The van der Waals surface area contributed by atoms with Gasteiger partial charge < -0.3 is 11.1 Å². The monoisotopic (exact) mass is 632 g/mol. The summed E-state index contributed by atoms with van der Waals surface area (Å²) in [7, 11) is 0. The van der Waals surface area contributed by atoms with E-state index in [0.717, 1.165) is 30.1 Å². The van der Waals surface area contributed by atoms with Crippen molar-refractivity contribution in [2.75, 3.05) is 11.1 Å². The summed E-state index contributed by atoms with van der Waals surface area (Å²) in [5.41, 5.74) is 5.37. The smallest absolute Gasteiger partial charge is 0.398 e. The normalized spacial score (nSPS) is 10.9. The van der Waals surface area contributed by atoms with E-state index in [9.17, 15) is 46.6 Å². The lowest BCUT2D eigenvalue weighted by Gasteiger charge is -2.10. The van der Waals surface area contributed by atoms with Crippen molar-refractivity contribution >= 4 is 40.3 Å². The lowest BCUT2D eigenvalue weighted by molar-refractivity contribution is -0.385. The quantitative estimate of drug-likeness (QED) is 0.0776. The summed E-state index contributed by atoms with van der Waals surface area (Å²) >= 11 is 5.13. The molecule has 43 heavy (non-hydrogen) atoms. The van der Waals surface area contributed by atoms with Crippen molar-refractivity contribution in [3.8, 4) is 0 Å². The van der Waals surface area contributed by atoms with Crippen LogP contribution < -0.4 is 11.1 Å². The van der Waals surface area contributed by atoms with Gasteiger partial charge in [0.1, 0.15) is 11.4 Å². The van der Waals surface area contributed by atoms with E-state index >= 15 is 0 Å². The zero-order valence-corrected chi connectivity index (χ0v) is 22.6. The molecule has 228 valence electrons. The molecule has 4 rings (SSSR count). The first-order valence-electron chi connectivity index (χ1n) is 11.4. The lowest BCUT2D eigenvalue weighted by Crippen LogP contribution is -2.10. The SMILES string of the molecule is Cc1ccc([N+](=O)[O-])cc1N.Cc1ccc([N+](=O)[O-])cc1Nc1nccc(C(F)(F)F)n1.FC(F)(F)c1ccnc(Cl)n1. The largest absolute Gasteiger partial charge is 0.433 e. The Morgan fingerprint density at radius 1 is 0.767 bits per heavy atom. The number of non-ortho nitro benzene ring substituents is 2. The summed E-state index contributed by atoms with van der Waals surface area (Å²) in [6.07, 6.45) is -7.12. The number of aryl methyl sites for hydroxylation is 2. The fourth-order valence-electron chi connectivity index (χ4n) is 2.79. The molecule has 0 saturated carbocycles. The van der Waals surface area contributed by atoms with Crippen LogP contribution in [0.3, 0.4) is 0 Å². The number of alkyl halides is 6. The van der Waals surface area contributed by atoms with Gasteiger partial charge in [-0.2, -0.15) is 26.3 Å². The highest BCUT2D eigenvalue weighted by Crippen LogP contribution is 2.29. The van der Waals surface area contributed by atoms with Gasteiger partial charge >= 0.3 is 12.4 Å². The number of anilines is 3. The average Bonchev–Trinajstić information content (AvgIpc) is 2.91. The molecule has 12 nitrogen and oxygen atoms in total. The van der Waals surface area contributed by atoms with Gasteiger partial charge in [0.15, 0.2) is 0 Å². The van der Waals surface area contributed by atoms with Gasteiger partial charge in [-0.15, -0.1) is 0 Å². The van der Waals surface area contributed by atoms with Crippen LogP contribution in [0.25, 0.3) is 0 Å². The van der Waals surface area contributed by atoms with Gasteiger partial charge in [-0.1, -0.05) is 12.1 Å². The number of nitrogen functional groups attached to an aromatic ring is 1. The topological polar surface area (TPSA) is 176 Å². The van der Waals surface area contributed by atoms with Gasteiger partial charge in [-0.25, -0.2) is 19.9 Å². The van der Waals surface area contributed by atoms with Crippen LogP contribution in [0.2, 0.25) is 5.28 Å². The van der Waals surface area contributed by atoms with E-state index in [1.54, 1.807) is 19.9 Å². The average molecular weight is 633 g/mol. The molecule has 0 amide bonds. The zero-order valence-electron chi connectivity index (χ0n) is 21.8. The first-order valence-corrected chi connectivity index (χ1v) is 11.7. The predicted molar refractivity (Wildman–Crippen MR) is 142 cm³/mol. The Morgan fingerprint density at radius 3 is 1.72 bits per heavy atom. The van der Waals surface area contributed by atoms with E-state index in [2.05, 4.69) is 25.3 Å². The lowest BCUT2D eigenvalue weighted by atomic mass is 10.2. The second kappa shape index (κ2) is 14.2. The van der Waals surface area contributed by atoms with Gasteiger partial charge in [-0.05, 0) is 48.7 Å². The van der Waals surface area contributed by atoms with Crippen molar-refractivity contribution in [2.24, 2.45) is 0 Å². The molecule has 0 fully saturated rings. The maximum Gasteiger partial charge on any atom is 0.433 e. The molecule has 0 saturated heterocycles. The van der Waals surface area contributed by atoms with E-state index in [1.807, 2.05) is 0 Å². The van der Waals surface area contributed by atoms with Crippen molar-refractivity contribution in [3.63, 3.8) is 0 Å². The molecule has 0 aliphatic rings. The van der Waals surface area contributed by atoms with Gasteiger partial charge in [0, 0.05) is 42.3 Å². The summed E-state index contributed by atoms with van der Waals surface area (Å²) < 4.78 is 73.1. The van der Waals surface area contributed by atoms with Gasteiger partial charge in [0.25, 0.3) is 11.4 Å². The second-order valence-electron chi connectivity index (χ2n) is 8.15. The maximum atomic E-state index is 12.5. The number of nitro benzene ring substituents is 2. The number of halogens is 7. The van der Waals surface area contributed by atoms with E-state index in [0.29, 0.717) is 11.3 Å². The van der Waals surface area contributed by atoms with E-state index in [-0.39, 0.29) is 23.0 Å². The van der Waals surface area contributed by atoms with E-state index in [4.69, 9.17) is 17.3 Å². The number of hydrogen-bond acceptors (Lipinski definition) is 10. The molecule has 0 bridgehead atoms. The number of benzene rings is 2. The van der Waals surface area contributed by atoms with Crippen molar-refractivity contribution < 1.29 is 36.2 Å². The third-order valence-corrected chi connectivity index (χ3v) is 5.20. The number of nitrogens with two attached hydrogens (primary N) is 1. The van der Waals surface area contributed by atoms with Gasteiger partial charge in [0.05, 0.1) is 15.5 Å². The van der Waals surface area contributed by atoms with Crippen molar-refractivity contribution in [1.82, 2.24) is 19.9 Å². The molecule has 2 aromatic heterocycles. The first-order chi connectivity index (χ1) is 19.9. The molecule has 0 aliphatic carbocycles. The Hall–Kier alpha value is -5.13. The van der Waals surface area contributed by atoms with Crippen LogP contribution in [0.4, 0.5) is 55.0 Å². The van der Waals surface area contributed by atoms with Crippen LogP contribution in [0.15, 0.2) is 60.9 Å². The number of nitro groups is 2. The van der Waals surface area contributed by atoms with Crippen LogP contribution in [-0.2, 0) is 12.4 Å². The van der Waals surface area contributed by atoms with E-state index < -0.39 is 38.9 Å². The molecule has 0 radical (unpaired) electrons. The number of nitrogens with zero attached hydrogens (tertiary/aromatic N) is 6. The molecule has 0 spiro atoms. The summed E-state index contributed by atoms with van der Waals surface area (Å²) in [6, 6.07) is 9.91. The molecule has 2 aromatic carbocycles. The van der Waals surface area contributed by atoms with Crippen molar-refractivity contribution in [1.29, 1.82) is 0 Å². The minimum atomic E-state index is -4.59. The highest BCUT2D eigenvalue weighted by Gasteiger charge is 2.33.